The van der Waals surface area contributed by atoms with E-state index in [-0.39, 0.29) is 6.42 Å². The zero-order chi connectivity index (χ0) is 15.1. The predicted molar refractivity (Wildman–Crippen MR) is 78.3 cm³/mol. The maximum Gasteiger partial charge on any atom is 0.354 e. The van der Waals surface area contributed by atoms with E-state index in [2.05, 4.69) is 9.97 Å². The Morgan fingerprint density at radius 2 is 2.14 bits per heavy atom. The van der Waals surface area contributed by atoms with Crippen molar-refractivity contribution in [3.05, 3.63) is 38.5 Å². The summed E-state index contributed by atoms with van der Waals surface area (Å²) in [6, 6.07) is 0. The summed E-state index contributed by atoms with van der Waals surface area (Å²) < 4.78 is 1.42. The molecule has 1 N–H and O–H groups in total. The Morgan fingerprint density at radius 3 is 2.76 bits per heavy atom. The predicted octanol–water partition coefficient (Wildman–Crippen LogP) is 1.81. The third-order valence-corrected chi connectivity index (χ3v) is 4.53. The van der Waals surface area contributed by atoms with Gasteiger partial charge < -0.3 is 5.11 Å². The molecule has 2 aromatic rings. The van der Waals surface area contributed by atoms with E-state index in [9.17, 15) is 9.59 Å². The molecule has 1 aliphatic rings. The quantitative estimate of drug-likeness (QED) is 0.931. The fraction of sp³-hybridized carbons (Fsp3) is 0.429. The fourth-order valence-electron chi connectivity index (χ4n) is 2.38. The third-order valence-electron chi connectivity index (χ3n) is 3.69. The van der Waals surface area contributed by atoms with E-state index in [1.165, 1.54) is 15.9 Å². The van der Waals surface area contributed by atoms with Gasteiger partial charge >= 0.3 is 11.7 Å². The summed E-state index contributed by atoms with van der Waals surface area (Å²) in [5, 5.41) is 11.5. The molecule has 21 heavy (non-hydrogen) atoms. The van der Waals surface area contributed by atoms with E-state index in [0.717, 1.165) is 18.5 Å². The molecule has 1 fully saturated rings. The standard InChI is InChI=1S/C14H15N3O3S/c1-7-10(5-12(18)19)8(2)17(13(20)15-7)14-16-11(6-21-14)9-3-4-9/h6,9H,3-5H2,1-2H3,(H,18,19). The van der Waals surface area contributed by atoms with Gasteiger partial charge in [0, 0.05) is 28.2 Å². The maximum absolute atomic E-state index is 12.2. The Bertz CT molecular complexity index is 774. The largest absolute Gasteiger partial charge is 0.481 e. The smallest absolute Gasteiger partial charge is 0.354 e. The highest BCUT2D eigenvalue weighted by molar-refractivity contribution is 7.12. The highest BCUT2D eigenvalue weighted by Crippen LogP contribution is 2.40. The summed E-state index contributed by atoms with van der Waals surface area (Å²) in [5.41, 5.74) is 2.25. The molecule has 0 aliphatic heterocycles. The first-order valence-electron chi connectivity index (χ1n) is 6.74. The fourth-order valence-corrected chi connectivity index (χ4v) is 3.33. The zero-order valence-corrected chi connectivity index (χ0v) is 12.6. The molecular formula is C14H15N3O3S. The van der Waals surface area contributed by atoms with Crippen LogP contribution in [0.3, 0.4) is 0 Å². The number of rotatable bonds is 4. The second-order valence-electron chi connectivity index (χ2n) is 5.28. The molecule has 7 heteroatoms. The monoisotopic (exact) mass is 305 g/mol. The number of carboxylic acids is 1. The third kappa shape index (κ3) is 2.61. The molecule has 0 amide bonds. The summed E-state index contributed by atoms with van der Waals surface area (Å²) in [6.07, 6.45) is 2.15. The molecule has 0 atom stereocenters. The summed E-state index contributed by atoms with van der Waals surface area (Å²) in [5.74, 6) is -0.422. The van der Waals surface area contributed by atoms with Crippen LogP contribution in [0.25, 0.3) is 5.13 Å². The number of carbonyl (C=O) groups is 1. The normalized spacial score (nSPS) is 14.4. The number of hydrogen-bond acceptors (Lipinski definition) is 5. The minimum atomic E-state index is -0.939. The van der Waals surface area contributed by atoms with Crippen LogP contribution < -0.4 is 5.69 Å². The molecule has 3 rings (SSSR count). The van der Waals surface area contributed by atoms with Crippen LogP contribution in [0.4, 0.5) is 0 Å². The van der Waals surface area contributed by atoms with Crippen LogP contribution in [0, 0.1) is 13.8 Å². The summed E-state index contributed by atoms with van der Waals surface area (Å²) in [6.45, 7) is 3.40. The van der Waals surface area contributed by atoms with Crippen LogP contribution in [0.15, 0.2) is 10.2 Å². The lowest BCUT2D eigenvalue weighted by atomic mass is 10.1. The molecule has 0 radical (unpaired) electrons. The lowest BCUT2D eigenvalue weighted by Gasteiger charge is -2.12. The van der Waals surface area contributed by atoms with Crippen LogP contribution in [0.1, 0.15) is 41.4 Å². The van der Waals surface area contributed by atoms with E-state index in [1.54, 1.807) is 13.8 Å². The number of aliphatic carboxylic acids is 1. The second kappa shape index (κ2) is 5.07. The van der Waals surface area contributed by atoms with Crippen LogP contribution in [0.2, 0.25) is 0 Å². The van der Waals surface area contributed by atoms with Crippen molar-refractivity contribution in [2.45, 2.75) is 39.0 Å². The Morgan fingerprint density at radius 1 is 1.43 bits per heavy atom. The van der Waals surface area contributed by atoms with Crippen LogP contribution in [0.5, 0.6) is 0 Å². The topological polar surface area (TPSA) is 85.1 Å². The minimum Gasteiger partial charge on any atom is -0.481 e. The molecule has 0 spiro atoms. The number of aromatic nitrogens is 3. The summed E-state index contributed by atoms with van der Waals surface area (Å²) in [7, 11) is 0. The molecular weight excluding hydrogens is 290 g/mol. The molecule has 0 aromatic carbocycles. The number of nitrogens with zero attached hydrogens (tertiary/aromatic N) is 3. The second-order valence-corrected chi connectivity index (χ2v) is 6.12. The average Bonchev–Trinajstić information content (AvgIpc) is 3.14. The molecule has 2 heterocycles. The van der Waals surface area contributed by atoms with Crippen molar-refractivity contribution in [3.63, 3.8) is 0 Å². The molecule has 0 bridgehead atoms. The molecule has 110 valence electrons. The SMILES string of the molecule is Cc1nc(=O)n(-c2nc(C3CC3)cs2)c(C)c1CC(=O)O. The van der Waals surface area contributed by atoms with Crippen molar-refractivity contribution in [1.82, 2.24) is 14.5 Å². The van der Waals surface area contributed by atoms with Gasteiger partial charge in [-0.3, -0.25) is 4.79 Å². The highest BCUT2D eigenvalue weighted by atomic mass is 32.1. The molecule has 1 aliphatic carbocycles. The first kappa shape index (κ1) is 13.9. The number of aryl methyl sites for hydroxylation is 1. The van der Waals surface area contributed by atoms with Gasteiger partial charge in [0.05, 0.1) is 12.1 Å². The van der Waals surface area contributed by atoms with E-state index in [4.69, 9.17) is 5.11 Å². The molecule has 2 aromatic heterocycles. The van der Waals surface area contributed by atoms with Crippen molar-refractivity contribution in [2.24, 2.45) is 0 Å². The Hall–Kier alpha value is -2.02. The zero-order valence-electron chi connectivity index (χ0n) is 11.8. The minimum absolute atomic E-state index is 0.147. The maximum atomic E-state index is 12.2. The van der Waals surface area contributed by atoms with Crippen molar-refractivity contribution in [3.8, 4) is 5.13 Å². The van der Waals surface area contributed by atoms with Crippen LogP contribution >= 0.6 is 11.3 Å². The average molecular weight is 305 g/mol. The van der Waals surface area contributed by atoms with Gasteiger partial charge in [-0.05, 0) is 26.7 Å². The Balaban J connectivity index is 2.11. The van der Waals surface area contributed by atoms with Gasteiger partial charge in [-0.15, -0.1) is 11.3 Å². The van der Waals surface area contributed by atoms with Crippen molar-refractivity contribution in [1.29, 1.82) is 0 Å². The Kier molecular flexibility index (Phi) is 3.36. The molecule has 0 saturated heterocycles. The highest BCUT2D eigenvalue weighted by Gasteiger charge is 2.27. The number of hydrogen-bond donors (Lipinski definition) is 1. The summed E-state index contributed by atoms with van der Waals surface area (Å²) >= 11 is 1.40. The van der Waals surface area contributed by atoms with Crippen molar-refractivity contribution >= 4 is 17.3 Å². The van der Waals surface area contributed by atoms with Gasteiger partial charge in [-0.25, -0.2) is 14.3 Å². The van der Waals surface area contributed by atoms with Crippen molar-refractivity contribution in [2.75, 3.05) is 0 Å². The van der Waals surface area contributed by atoms with Gasteiger partial charge in [0.25, 0.3) is 0 Å². The van der Waals surface area contributed by atoms with Gasteiger partial charge in [0.2, 0.25) is 0 Å². The van der Waals surface area contributed by atoms with Gasteiger partial charge in [0.1, 0.15) is 0 Å². The van der Waals surface area contributed by atoms with Crippen LogP contribution in [-0.2, 0) is 11.2 Å². The molecule has 0 unspecified atom stereocenters. The number of thiazole rings is 1. The van der Waals surface area contributed by atoms with Crippen molar-refractivity contribution < 1.29 is 9.90 Å². The summed E-state index contributed by atoms with van der Waals surface area (Å²) in [4.78, 5) is 31.6. The number of carboxylic acid groups (broad SMARTS) is 1. The van der Waals surface area contributed by atoms with E-state index in [0.29, 0.717) is 28.0 Å². The van der Waals surface area contributed by atoms with E-state index < -0.39 is 11.7 Å². The van der Waals surface area contributed by atoms with Gasteiger partial charge in [-0.2, -0.15) is 4.98 Å². The lowest BCUT2D eigenvalue weighted by Crippen LogP contribution is -2.27. The van der Waals surface area contributed by atoms with Gasteiger partial charge in [-0.1, -0.05) is 0 Å². The van der Waals surface area contributed by atoms with E-state index >= 15 is 0 Å². The molecule has 6 nitrogen and oxygen atoms in total. The Labute approximate surface area is 125 Å². The van der Waals surface area contributed by atoms with Crippen LogP contribution in [-0.4, -0.2) is 25.6 Å². The molecule has 1 saturated carbocycles. The van der Waals surface area contributed by atoms with E-state index in [1.807, 2.05) is 5.38 Å². The first-order valence-corrected chi connectivity index (χ1v) is 7.62. The van der Waals surface area contributed by atoms with Gasteiger partial charge in [0.15, 0.2) is 5.13 Å². The lowest BCUT2D eigenvalue weighted by molar-refractivity contribution is -0.136. The first-order chi connectivity index (χ1) is 9.97.